The summed E-state index contributed by atoms with van der Waals surface area (Å²) in [6, 6.07) is 15.8. The van der Waals surface area contributed by atoms with Crippen LogP contribution in [0, 0.1) is 13.8 Å². The van der Waals surface area contributed by atoms with E-state index < -0.39 is 0 Å². The van der Waals surface area contributed by atoms with Crippen molar-refractivity contribution in [3.63, 3.8) is 0 Å². The molecule has 2 amide bonds. The van der Waals surface area contributed by atoms with Gasteiger partial charge in [0.05, 0.1) is 5.57 Å². The Balaban J connectivity index is 2.14. The Bertz CT molecular complexity index is 929. The van der Waals surface area contributed by atoms with Crippen LogP contribution in [0.15, 0.2) is 54.2 Å². The average Bonchev–Trinajstić information content (AvgIpc) is 2.93. The van der Waals surface area contributed by atoms with Gasteiger partial charge in [-0.15, -0.1) is 0 Å². The lowest BCUT2D eigenvalue weighted by Gasteiger charge is -2.25. The largest absolute Gasteiger partial charge is 0.362 e. The van der Waals surface area contributed by atoms with Crippen LogP contribution in [0.4, 0.5) is 0 Å². The SMILES string of the molecule is CCN(Cc1ccccc1)C1=C(c2ccc(C)c(C)c2)C(=O)N(C(C)C)C1=O. The highest BCUT2D eigenvalue weighted by atomic mass is 16.2. The van der Waals surface area contributed by atoms with Crippen LogP contribution in [0.25, 0.3) is 5.57 Å². The Morgan fingerprint density at radius 2 is 1.61 bits per heavy atom. The van der Waals surface area contributed by atoms with Crippen molar-refractivity contribution in [1.29, 1.82) is 0 Å². The molecule has 4 nitrogen and oxygen atoms in total. The molecule has 0 saturated heterocycles. The molecule has 0 saturated carbocycles. The van der Waals surface area contributed by atoms with Gasteiger partial charge in [0.2, 0.25) is 0 Å². The molecule has 0 atom stereocenters. The number of carbonyl (C=O) groups is 2. The van der Waals surface area contributed by atoms with E-state index in [1.807, 2.05) is 88.0 Å². The van der Waals surface area contributed by atoms with Crippen LogP contribution in [-0.2, 0) is 16.1 Å². The summed E-state index contributed by atoms with van der Waals surface area (Å²) < 4.78 is 0. The molecule has 2 aromatic carbocycles. The third-order valence-corrected chi connectivity index (χ3v) is 5.32. The van der Waals surface area contributed by atoms with Crippen molar-refractivity contribution in [2.24, 2.45) is 0 Å². The number of carbonyl (C=O) groups excluding carboxylic acids is 2. The Kier molecular flexibility index (Phi) is 5.68. The van der Waals surface area contributed by atoms with Gasteiger partial charge in [0.25, 0.3) is 11.8 Å². The summed E-state index contributed by atoms with van der Waals surface area (Å²) in [4.78, 5) is 29.9. The van der Waals surface area contributed by atoms with Gasteiger partial charge in [0.1, 0.15) is 5.70 Å². The fourth-order valence-electron chi connectivity index (χ4n) is 3.61. The van der Waals surface area contributed by atoms with Gasteiger partial charge >= 0.3 is 0 Å². The van der Waals surface area contributed by atoms with Crippen molar-refractivity contribution in [3.05, 3.63) is 76.5 Å². The van der Waals surface area contributed by atoms with Crippen LogP contribution < -0.4 is 0 Å². The number of rotatable bonds is 6. The smallest absolute Gasteiger partial charge is 0.278 e. The monoisotopic (exact) mass is 376 g/mol. The van der Waals surface area contributed by atoms with Gasteiger partial charge in [-0.25, -0.2) is 0 Å². The molecule has 0 N–H and O–H groups in total. The molecule has 0 bridgehead atoms. The molecule has 0 radical (unpaired) electrons. The molecule has 0 spiro atoms. The molecule has 1 aliphatic heterocycles. The van der Waals surface area contributed by atoms with Crippen LogP contribution in [-0.4, -0.2) is 34.2 Å². The van der Waals surface area contributed by atoms with Gasteiger partial charge in [-0.05, 0) is 56.9 Å². The van der Waals surface area contributed by atoms with Crippen LogP contribution in [0.5, 0.6) is 0 Å². The molecule has 0 unspecified atom stereocenters. The van der Waals surface area contributed by atoms with Gasteiger partial charge in [-0.2, -0.15) is 0 Å². The minimum atomic E-state index is -0.204. The zero-order valence-corrected chi connectivity index (χ0v) is 17.3. The predicted octanol–water partition coefficient (Wildman–Crippen LogP) is 4.31. The lowest BCUT2D eigenvalue weighted by Crippen LogP contribution is -2.39. The molecular weight excluding hydrogens is 348 g/mol. The number of aryl methyl sites for hydroxylation is 2. The van der Waals surface area contributed by atoms with E-state index in [-0.39, 0.29) is 17.9 Å². The van der Waals surface area contributed by atoms with Gasteiger partial charge in [0, 0.05) is 19.1 Å². The Labute approximate surface area is 167 Å². The molecule has 1 aliphatic rings. The van der Waals surface area contributed by atoms with Crippen LogP contribution in [0.3, 0.4) is 0 Å². The van der Waals surface area contributed by atoms with Crippen molar-refractivity contribution in [2.75, 3.05) is 6.54 Å². The van der Waals surface area contributed by atoms with Crippen molar-refractivity contribution in [3.8, 4) is 0 Å². The summed E-state index contributed by atoms with van der Waals surface area (Å²) in [7, 11) is 0. The summed E-state index contributed by atoms with van der Waals surface area (Å²) in [5.41, 5.74) is 5.22. The van der Waals surface area contributed by atoms with E-state index in [1.165, 1.54) is 10.5 Å². The summed E-state index contributed by atoms with van der Waals surface area (Å²) in [5.74, 6) is -0.407. The lowest BCUT2D eigenvalue weighted by atomic mass is 9.99. The Morgan fingerprint density at radius 1 is 0.929 bits per heavy atom. The number of likely N-dealkylation sites (N-methyl/N-ethyl adjacent to an activating group) is 1. The van der Waals surface area contributed by atoms with Crippen LogP contribution in [0.2, 0.25) is 0 Å². The molecule has 0 aromatic heterocycles. The van der Waals surface area contributed by atoms with E-state index in [9.17, 15) is 9.59 Å². The number of hydrogen-bond donors (Lipinski definition) is 0. The zero-order valence-electron chi connectivity index (χ0n) is 17.3. The molecule has 2 aromatic rings. The van der Waals surface area contributed by atoms with Gasteiger partial charge in [-0.3, -0.25) is 14.5 Å². The maximum absolute atomic E-state index is 13.3. The average molecular weight is 377 g/mol. The maximum Gasteiger partial charge on any atom is 0.278 e. The van der Waals surface area contributed by atoms with E-state index in [1.54, 1.807) is 0 Å². The van der Waals surface area contributed by atoms with Gasteiger partial charge < -0.3 is 4.90 Å². The first-order chi connectivity index (χ1) is 13.3. The van der Waals surface area contributed by atoms with Crippen molar-refractivity contribution >= 4 is 17.4 Å². The van der Waals surface area contributed by atoms with Gasteiger partial charge in [0.15, 0.2) is 0 Å². The van der Waals surface area contributed by atoms with Crippen molar-refractivity contribution in [1.82, 2.24) is 9.80 Å². The minimum absolute atomic E-state index is 0.186. The minimum Gasteiger partial charge on any atom is -0.362 e. The molecular formula is C24H28N2O2. The first-order valence-corrected chi connectivity index (χ1v) is 9.83. The van der Waals surface area contributed by atoms with E-state index in [0.29, 0.717) is 24.4 Å². The van der Waals surface area contributed by atoms with Crippen molar-refractivity contribution in [2.45, 2.75) is 47.2 Å². The summed E-state index contributed by atoms with van der Waals surface area (Å²) >= 11 is 0. The highest BCUT2D eigenvalue weighted by molar-refractivity contribution is 6.35. The van der Waals surface area contributed by atoms with Crippen molar-refractivity contribution < 1.29 is 9.59 Å². The fourth-order valence-corrected chi connectivity index (χ4v) is 3.61. The number of benzene rings is 2. The second-order valence-electron chi connectivity index (χ2n) is 7.60. The summed E-state index contributed by atoms with van der Waals surface area (Å²) in [6.07, 6.45) is 0. The van der Waals surface area contributed by atoms with Crippen LogP contribution >= 0.6 is 0 Å². The first-order valence-electron chi connectivity index (χ1n) is 9.83. The summed E-state index contributed by atoms with van der Waals surface area (Å²) in [5, 5.41) is 0. The molecule has 0 aliphatic carbocycles. The molecule has 1 heterocycles. The molecule has 0 fully saturated rings. The number of imide groups is 1. The predicted molar refractivity (Wildman–Crippen MR) is 112 cm³/mol. The first kappa shape index (κ1) is 19.9. The van der Waals surface area contributed by atoms with Gasteiger partial charge in [-0.1, -0.05) is 48.5 Å². The van der Waals surface area contributed by atoms with Crippen LogP contribution in [0.1, 0.15) is 43.0 Å². The van der Waals surface area contributed by atoms with E-state index >= 15 is 0 Å². The second kappa shape index (κ2) is 8.01. The molecule has 3 rings (SSSR count). The standard InChI is InChI=1S/C24H28N2O2/c1-6-25(15-19-10-8-7-9-11-19)22-21(20-13-12-17(4)18(5)14-20)23(27)26(16(2)3)24(22)28/h7-14,16H,6,15H2,1-5H3. The highest BCUT2D eigenvalue weighted by Crippen LogP contribution is 2.34. The van der Waals surface area contributed by atoms with E-state index in [4.69, 9.17) is 0 Å². The zero-order chi connectivity index (χ0) is 20.4. The second-order valence-corrected chi connectivity index (χ2v) is 7.60. The topological polar surface area (TPSA) is 40.6 Å². The Hall–Kier alpha value is -2.88. The lowest BCUT2D eigenvalue weighted by molar-refractivity contribution is -0.139. The Morgan fingerprint density at radius 3 is 2.18 bits per heavy atom. The van der Waals surface area contributed by atoms with E-state index in [2.05, 4.69) is 0 Å². The highest BCUT2D eigenvalue weighted by Gasteiger charge is 2.42. The molecule has 28 heavy (non-hydrogen) atoms. The number of amides is 2. The molecule has 146 valence electrons. The third-order valence-electron chi connectivity index (χ3n) is 5.32. The summed E-state index contributed by atoms with van der Waals surface area (Å²) in [6.45, 7) is 11.1. The normalized spacial score (nSPS) is 14.4. The fraction of sp³-hybridized carbons (Fsp3) is 0.333. The maximum atomic E-state index is 13.3. The third kappa shape index (κ3) is 3.59. The number of nitrogens with zero attached hydrogens (tertiary/aromatic N) is 2. The number of hydrogen-bond acceptors (Lipinski definition) is 3. The quantitative estimate of drug-likeness (QED) is 0.705. The van der Waals surface area contributed by atoms with E-state index in [0.717, 1.165) is 16.7 Å². The molecule has 4 heteroatoms.